The smallest absolute Gasteiger partial charge is 0.263 e. The van der Waals surface area contributed by atoms with Crippen LogP contribution in [-0.4, -0.2) is 11.4 Å². The minimum Gasteiger partial charge on any atom is -0.397 e. The largest absolute Gasteiger partial charge is 0.397 e. The number of carbonyl (C=O) groups excluding carboxylic acids is 1. The fraction of sp³-hybridized carbons (Fsp3) is 0.471. The van der Waals surface area contributed by atoms with Gasteiger partial charge in [0.2, 0.25) is 0 Å². The van der Waals surface area contributed by atoms with E-state index in [1.807, 2.05) is 19.1 Å². The molecule has 0 bridgehead atoms. The number of rotatable bonds is 5. The Kier molecular flexibility index (Phi) is 4.57. The third kappa shape index (κ3) is 2.91. The van der Waals surface area contributed by atoms with Crippen LogP contribution < -0.4 is 11.1 Å². The first-order valence-corrected chi connectivity index (χ1v) is 8.39. The summed E-state index contributed by atoms with van der Waals surface area (Å²) in [7, 11) is 0. The maximum Gasteiger partial charge on any atom is 0.263 e. The molecule has 3 nitrogen and oxygen atoms in total. The third-order valence-electron chi connectivity index (χ3n) is 4.50. The number of fused-ring (bicyclic) bond motifs is 1. The summed E-state index contributed by atoms with van der Waals surface area (Å²) in [5.41, 5.74) is 7.84. The molecule has 0 saturated heterocycles. The standard InChI is InChI=1S/C17H24N2OS/c1-5-17(6-2,7-3)19-16(20)15-14(18)12-9-8-11(4)10-13(12)21-15/h8-10H,5-7,18H2,1-4H3,(H,19,20). The van der Waals surface area contributed by atoms with E-state index in [1.165, 1.54) is 16.9 Å². The molecule has 0 aliphatic heterocycles. The normalized spacial score (nSPS) is 11.8. The van der Waals surface area contributed by atoms with Crippen LogP contribution in [0, 0.1) is 6.92 Å². The molecule has 0 spiro atoms. The molecular formula is C17H24N2OS. The zero-order valence-electron chi connectivity index (χ0n) is 13.2. The van der Waals surface area contributed by atoms with Crippen LogP contribution in [0.2, 0.25) is 0 Å². The summed E-state index contributed by atoms with van der Waals surface area (Å²) in [5.74, 6) is -0.0445. The first-order valence-electron chi connectivity index (χ1n) is 7.57. The predicted octanol–water partition coefficient (Wildman–Crippen LogP) is 4.49. The molecule has 0 unspecified atom stereocenters. The molecule has 114 valence electrons. The highest BCUT2D eigenvalue weighted by atomic mass is 32.1. The molecule has 0 atom stereocenters. The van der Waals surface area contributed by atoms with E-state index in [2.05, 4.69) is 32.2 Å². The van der Waals surface area contributed by atoms with Crippen molar-refractivity contribution >= 4 is 33.0 Å². The fourth-order valence-corrected chi connectivity index (χ4v) is 3.82. The average molecular weight is 304 g/mol. The number of nitrogens with one attached hydrogen (secondary N) is 1. The number of aryl methyl sites for hydroxylation is 1. The highest BCUT2D eigenvalue weighted by Crippen LogP contribution is 2.34. The van der Waals surface area contributed by atoms with E-state index >= 15 is 0 Å². The summed E-state index contributed by atoms with van der Waals surface area (Å²) in [6.45, 7) is 8.39. The van der Waals surface area contributed by atoms with Crippen molar-refractivity contribution < 1.29 is 4.79 Å². The number of nitrogens with two attached hydrogens (primary N) is 1. The molecule has 2 rings (SSSR count). The van der Waals surface area contributed by atoms with Crippen molar-refractivity contribution in [2.24, 2.45) is 0 Å². The van der Waals surface area contributed by atoms with Gasteiger partial charge in [0.15, 0.2) is 0 Å². The fourth-order valence-electron chi connectivity index (χ4n) is 2.71. The molecule has 0 radical (unpaired) electrons. The maximum atomic E-state index is 12.6. The molecule has 2 aromatic rings. The van der Waals surface area contributed by atoms with Crippen molar-refractivity contribution in [3.63, 3.8) is 0 Å². The number of amides is 1. The second-order valence-electron chi connectivity index (χ2n) is 5.64. The van der Waals surface area contributed by atoms with Crippen LogP contribution in [0.15, 0.2) is 18.2 Å². The van der Waals surface area contributed by atoms with E-state index in [0.717, 1.165) is 29.3 Å². The van der Waals surface area contributed by atoms with Crippen molar-refractivity contribution in [2.45, 2.75) is 52.5 Å². The first kappa shape index (κ1) is 15.8. The average Bonchev–Trinajstić information content (AvgIpc) is 2.81. The lowest BCUT2D eigenvalue weighted by molar-refractivity contribution is 0.0893. The summed E-state index contributed by atoms with van der Waals surface area (Å²) in [6.07, 6.45) is 2.78. The third-order valence-corrected chi connectivity index (χ3v) is 5.67. The van der Waals surface area contributed by atoms with Gasteiger partial charge >= 0.3 is 0 Å². The van der Waals surface area contributed by atoms with Gasteiger partial charge in [0.25, 0.3) is 5.91 Å². The summed E-state index contributed by atoms with van der Waals surface area (Å²) < 4.78 is 1.08. The molecule has 0 fully saturated rings. The molecule has 0 aliphatic carbocycles. The number of thiophene rings is 1. The van der Waals surface area contributed by atoms with Gasteiger partial charge in [-0.05, 0) is 37.8 Å². The Labute approximate surface area is 130 Å². The number of nitrogen functional groups attached to an aromatic ring is 1. The van der Waals surface area contributed by atoms with Gasteiger partial charge in [0.1, 0.15) is 4.88 Å². The summed E-state index contributed by atoms with van der Waals surface area (Å²) >= 11 is 1.48. The van der Waals surface area contributed by atoms with Crippen LogP contribution in [0.4, 0.5) is 5.69 Å². The van der Waals surface area contributed by atoms with Gasteiger partial charge in [-0.1, -0.05) is 32.9 Å². The Hall–Kier alpha value is -1.55. The molecule has 0 saturated carbocycles. The van der Waals surface area contributed by atoms with Gasteiger partial charge in [0, 0.05) is 15.6 Å². The lowest BCUT2D eigenvalue weighted by Crippen LogP contribution is -2.47. The Bertz CT molecular complexity index is 648. The number of carbonyl (C=O) groups is 1. The molecule has 3 N–H and O–H groups in total. The van der Waals surface area contributed by atoms with Gasteiger partial charge in [0.05, 0.1) is 5.69 Å². The molecule has 1 aromatic carbocycles. The lowest BCUT2D eigenvalue weighted by Gasteiger charge is -2.31. The number of hydrogen-bond acceptors (Lipinski definition) is 3. The Morgan fingerprint density at radius 3 is 2.43 bits per heavy atom. The first-order chi connectivity index (χ1) is 9.96. The van der Waals surface area contributed by atoms with E-state index < -0.39 is 0 Å². The summed E-state index contributed by atoms with van der Waals surface area (Å²) in [5, 5.41) is 4.18. The second kappa shape index (κ2) is 6.06. The van der Waals surface area contributed by atoms with Crippen LogP contribution in [0.1, 0.15) is 55.3 Å². The van der Waals surface area contributed by atoms with E-state index in [4.69, 9.17) is 5.73 Å². The van der Waals surface area contributed by atoms with Crippen LogP contribution in [0.5, 0.6) is 0 Å². The molecule has 4 heteroatoms. The van der Waals surface area contributed by atoms with Crippen molar-refractivity contribution in [2.75, 3.05) is 5.73 Å². The highest BCUT2D eigenvalue weighted by Gasteiger charge is 2.28. The molecule has 1 heterocycles. The van der Waals surface area contributed by atoms with E-state index in [1.54, 1.807) is 0 Å². The maximum absolute atomic E-state index is 12.6. The number of benzene rings is 1. The molecule has 21 heavy (non-hydrogen) atoms. The number of anilines is 1. The molecular weight excluding hydrogens is 280 g/mol. The minimum absolute atomic E-state index is 0.0445. The second-order valence-corrected chi connectivity index (χ2v) is 6.69. The Morgan fingerprint density at radius 1 is 1.24 bits per heavy atom. The Balaban J connectivity index is 2.37. The van der Waals surface area contributed by atoms with Gasteiger partial charge in [-0.15, -0.1) is 11.3 Å². The number of hydrogen-bond donors (Lipinski definition) is 2. The monoisotopic (exact) mass is 304 g/mol. The molecule has 0 aliphatic rings. The Morgan fingerprint density at radius 2 is 1.86 bits per heavy atom. The lowest BCUT2D eigenvalue weighted by atomic mass is 9.89. The summed E-state index contributed by atoms with van der Waals surface area (Å²) in [4.78, 5) is 13.3. The predicted molar refractivity (Wildman–Crippen MR) is 92.0 cm³/mol. The van der Waals surface area contributed by atoms with Crippen molar-refractivity contribution in [3.8, 4) is 0 Å². The SMILES string of the molecule is CCC(CC)(CC)NC(=O)c1sc2cc(C)ccc2c1N. The topological polar surface area (TPSA) is 55.1 Å². The van der Waals surface area contributed by atoms with Crippen LogP contribution in [0.25, 0.3) is 10.1 Å². The van der Waals surface area contributed by atoms with Crippen LogP contribution in [-0.2, 0) is 0 Å². The quantitative estimate of drug-likeness (QED) is 0.855. The minimum atomic E-state index is -0.129. The molecule has 1 amide bonds. The van der Waals surface area contributed by atoms with Crippen molar-refractivity contribution in [1.29, 1.82) is 0 Å². The van der Waals surface area contributed by atoms with Crippen LogP contribution in [0.3, 0.4) is 0 Å². The highest BCUT2D eigenvalue weighted by molar-refractivity contribution is 7.21. The van der Waals surface area contributed by atoms with E-state index in [0.29, 0.717) is 10.6 Å². The van der Waals surface area contributed by atoms with Gasteiger partial charge < -0.3 is 11.1 Å². The van der Waals surface area contributed by atoms with Gasteiger partial charge in [-0.3, -0.25) is 4.79 Å². The zero-order valence-corrected chi connectivity index (χ0v) is 14.1. The van der Waals surface area contributed by atoms with Gasteiger partial charge in [-0.25, -0.2) is 0 Å². The van der Waals surface area contributed by atoms with Gasteiger partial charge in [-0.2, -0.15) is 0 Å². The van der Waals surface area contributed by atoms with Crippen molar-refractivity contribution in [1.82, 2.24) is 5.32 Å². The molecule has 1 aromatic heterocycles. The van der Waals surface area contributed by atoms with Crippen molar-refractivity contribution in [3.05, 3.63) is 28.6 Å². The zero-order chi connectivity index (χ0) is 15.6. The van der Waals surface area contributed by atoms with E-state index in [-0.39, 0.29) is 11.4 Å². The van der Waals surface area contributed by atoms with Crippen LogP contribution >= 0.6 is 11.3 Å². The summed E-state index contributed by atoms with van der Waals surface area (Å²) in [6, 6.07) is 6.11. The van der Waals surface area contributed by atoms with E-state index in [9.17, 15) is 4.79 Å².